The first kappa shape index (κ1) is 9.53. The summed E-state index contributed by atoms with van der Waals surface area (Å²) in [6, 6.07) is 8.05. The van der Waals surface area contributed by atoms with Crippen LogP contribution >= 0.6 is 11.6 Å². The Morgan fingerprint density at radius 2 is 2.07 bits per heavy atom. The first-order valence-electron chi connectivity index (χ1n) is 4.79. The number of rotatable bonds is 2. The van der Waals surface area contributed by atoms with E-state index in [1.165, 1.54) is 0 Å². The van der Waals surface area contributed by atoms with Gasteiger partial charge < -0.3 is 0 Å². The van der Waals surface area contributed by atoms with E-state index in [1.807, 2.05) is 22.9 Å². The summed E-state index contributed by atoms with van der Waals surface area (Å²) in [6.45, 7) is 5.25. The molecule has 74 valence electrons. The molecule has 0 aliphatic carbocycles. The summed E-state index contributed by atoms with van der Waals surface area (Å²) in [4.78, 5) is 0. The van der Waals surface area contributed by atoms with Crippen LogP contribution in [-0.2, 0) is 6.54 Å². The number of hydrogen-bond acceptors (Lipinski definition) is 1. The van der Waals surface area contributed by atoms with E-state index >= 15 is 0 Å². The maximum Gasteiger partial charge on any atom is 0.158 e. The first-order chi connectivity index (χ1) is 6.68. The molecule has 2 nitrogen and oxygen atoms in total. The summed E-state index contributed by atoms with van der Waals surface area (Å²) >= 11 is 6.03. The molecule has 0 unspecified atom stereocenters. The second kappa shape index (κ2) is 3.62. The molecule has 1 aromatic heterocycles. The van der Waals surface area contributed by atoms with E-state index in [1.54, 1.807) is 0 Å². The predicted molar refractivity (Wildman–Crippen MR) is 59.6 cm³/mol. The van der Waals surface area contributed by atoms with E-state index in [0.717, 1.165) is 17.4 Å². The topological polar surface area (TPSA) is 17.8 Å². The molecule has 3 heteroatoms. The fraction of sp³-hybridized carbons (Fsp3) is 0.364. The van der Waals surface area contributed by atoms with Gasteiger partial charge in [0.25, 0.3) is 0 Å². The average molecular weight is 209 g/mol. The SMILES string of the molecule is CC(C)Cn1nc(Cl)c2ccccc21. The summed E-state index contributed by atoms with van der Waals surface area (Å²) in [7, 11) is 0. The van der Waals surface area contributed by atoms with Crippen LogP contribution in [0.3, 0.4) is 0 Å². The largest absolute Gasteiger partial charge is 0.263 e. The molecule has 0 bridgehead atoms. The predicted octanol–water partition coefficient (Wildman–Crippen LogP) is 3.35. The number of hydrogen-bond donors (Lipinski definition) is 0. The number of fused-ring (bicyclic) bond motifs is 1. The van der Waals surface area contributed by atoms with Gasteiger partial charge in [0.05, 0.1) is 5.52 Å². The van der Waals surface area contributed by atoms with Crippen molar-refractivity contribution in [2.75, 3.05) is 0 Å². The summed E-state index contributed by atoms with van der Waals surface area (Å²) in [6.07, 6.45) is 0. The molecule has 0 saturated carbocycles. The molecule has 0 aliphatic rings. The minimum absolute atomic E-state index is 0.578. The van der Waals surface area contributed by atoms with Gasteiger partial charge in [0, 0.05) is 11.9 Å². The Labute approximate surface area is 88.5 Å². The lowest BCUT2D eigenvalue weighted by Crippen LogP contribution is -2.05. The molecular formula is C11H13ClN2. The van der Waals surface area contributed by atoms with Gasteiger partial charge in [-0.15, -0.1) is 0 Å². The van der Waals surface area contributed by atoms with Crippen molar-refractivity contribution in [3.05, 3.63) is 29.4 Å². The standard InChI is InChI=1S/C11H13ClN2/c1-8(2)7-14-10-6-4-3-5-9(10)11(12)13-14/h3-6,8H,7H2,1-2H3. The Bertz CT molecular complexity index is 445. The van der Waals surface area contributed by atoms with Crippen molar-refractivity contribution < 1.29 is 0 Å². The molecule has 0 fully saturated rings. The van der Waals surface area contributed by atoms with E-state index in [9.17, 15) is 0 Å². The highest BCUT2D eigenvalue weighted by molar-refractivity contribution is 6.34. The molecule has 2 rings (SSSR count). The highest BCUT2D eigenvalue weighted by atomic mass is 35.5. The maximum absolute atomic E-state index is 6.03. The van der Waals surface area contributed by atoms with E-state index in [4.69, 9.17) is 11.6 Å². The van der Waals surface area contributed by atoms with Crippen molar-refractivity contribution >= 4 is 22.5 Å². The van der Waals surface area contributed by atoms with Crippen molar-refractivity contribution in [1.82, 2.24) is 9.78 Å². The molecule has 1 heterocycles. The fourth-order valence-corrected chi connectivity index (χ4v) is 1.82. The van der Waals surface area contributed by atoms with E-state index < -0.39 is 0 Å². The van der Waals surface area contributed by atoms with Crippen molar-refractivity contribution in [3.63, 3.8) is 0 Å². The number of aromatic nitrogens is 2. The average Bonchev–Trinajstić information content (AvgIpc) is 2.44. The lowest BCUT2D eigenvalue weighted by Gasteiger charge is -2.05. The van der Waals surface area contributed by atoms with Gasteiger partial charge in [-0.3, -0.25) is 4.68 Å². The Kier molecular flexibility index (Phi) is 2.46. The van der Waals surface area contributed by atoms with Crippen LogP contribution in [0.15, 0.2) is 24.3 Å². The van der Waals surface area contributed by atoms with Gasteiger partial charge in [-0.2, -0.15) is 5.10 Å². The van der Waals surface area contributed by atoms with Crippen LogP contribution in [-0.4, -0.2) is 9.78 Å². The zero-order valence-electron chi connectivity index (χ0n) is 8.37. The summed E-state index contributed by atoms with van der Waals surface area (Å²) < 4.78 is 1.97. The monoisotopic (exact) mass is 208 g/mol. The van der Waals surface area contributed by atoms with Crippen molar-refractivity contribution in [3.8, 4) is 0 Å². The summed E-state index contributed by atoms with van der Waals surface area (Å²) in [5.41, 5.74) is 1.12. The second-order valence-corrected chi connectivity index (χ2v) is 4.24. The van der Waals surface area contributed by atoms with Gasteiger partial charge in [0.15, 0.2) is 5.15 Å². The van der Waals surface area contributed by atoms with Crippen LogP contribution in [0.2, 0.25) is 5.15 Å². The van der Waals surface area contributed by atoms with Gasteiger partial charge in [-0.05, 0) is 18.1 Å². The summed E-state index contributed by atoms with van der Waals surface area (Å²) in [5.74, 6) is 0.578. The third-order valence-corrected chi connectivity index (χ3v) is 2.43. The second-order valence-electron chi connectivity index (χ2n) is 3.88. The number of para-hydroxylation sites is 1. The van der Waals surface area contributed by atoms with Crippen molar-refractivity contribution in [2.45, 2.75) is 20.4 Å². The van der Waals surface area contributed by atoms with Crippen LogP contribution < -0.4 is 0 Å². The highest BCUT2D eigenvalue weighted by Crippen LogP contribution is 2.22. The molecule has 14 heavy (non-hydrogen) atoms. The van der Waals surface area contributed by atoms with Gasteiger partial charge in [0.1, 0.15) is 0 Å². The van der Waals surface area contributed by atoms with E-state index in [-0.39, 0.29) is 0 Å². The van der Waals surface area contributed by atoms with E-state index in [2.05, 4.69) is 25.0 Å². The normalized spacial score (nSPS) is 11.4. The number of benzene rings is 1. The number of nitrogens with zero attached hydrogens (tertiary/aromatic N) is 2. The van der Waals surface area contributed by atoms with Crippen molar-refractivity contribution in [2.24, 2.45) is 5.92 Å². The lowest BCUT2D eigenvalue weighted by molar-refractivity contribution is 0.495. The third-order valence-electron chi connectivity index (χ3n) is 2.15. The smallest absolute Gasteiger partial charge is 0.158 e. The van der Waals surface area contributed by atoms with Crippen LogP contribution in [0, 0.1) is 5.92 Å². The fourth-order valence-electron chi connectivity index (χ4n) is 1.57. The molecular weight excluding hydrogens is 196 g/mol. The van der Waals surface area contributed by atoms with Crippen LogP contribution in [0.1, 0.15) is 13.8 Å². The van der Waals surface area contributed by atoms with Crippen LogP contribution in [0.4, 0.5) is 0 Å². The van der Waals surface area contributed by atoms with E-state index in [0.29, 0.717) is 11.1 Å². The molecule has 1 aromatic carbocycles. The Balaban J connectivity index is 2.55. The molecule has 2 aromatic rings. The quantitative estimate of drug-likeness (QED) is 0.740. The van der Waals surface area contributed by atoms with Crippen LogP contribution in [0.5, 0.6) is 0 Å². The lowest BCUT2D eigenvalue weighted by atomic mass is 10.2. The molecule has 0 N–H and O–H groups in total. The maximum atomic E-state index is 6.03. The summed E-state index contributed by atoms with van der Waals surface area (Å²) in [5, 5.41) is 5.95. The highest BCUT2D eigenvalue weighted by Gasteiger charge is 2.08. The zero-order valence-corrected chi connectivity index (χ0v) is 9.12. The molecule has 0 atom stereocenters. The Morgan fingerprint density at radius 3 is 2.79 bits per heavy atom. The third kappa shape index (κ3) is 1.62. The van der Waals surface area contributed by atoms with Gasteiger partial charge in [-0.25, -0.2) is 0 Å². The van der Waals surface area contributed by atoms with Gasteiger partial charge in [-0.1, -0.05) is 37.6 Å². The Hall–Kier alpha value is -1.02. The first-order valence-corrected chi connectivity index (χ1v) is 5.17. The molecule has 0 aliphatic heterocycles. The van der Waals surface area contributed by atoms with Crippen molar-refractivity contribution in [1.29, 1.82) is 0 Å². The number of halogens is 1. The van der Waals surface area contributed by atoms with Crippen LogP contribution in [0.25, 0.3) is 10.9 Å². The Morgan fingerprint density at radius 1 is 1.36 bits per heavy atom. The van der Waals surface area contributed by atoms with Gasteiger partial charge >= 0.3 is 0 Å². The molecule has 0 radical (unpaired) electrons. The molecule has 0 spiro atoms. The minimum Gasteiger partial charge on any atom is -0.263 e. The minimum atomic E-state index is 0.578. The zero-order chi connectivity index (χ0) is 10.1. The molecule has 0 amide bonds. The van der Waals surface area contributed by atoms with Gasteiger partial charge in [0.2, 0.25) is 0 Å². The molecule has 0 saturated heterocycles.